The van der Waals surface area contributed by atoms with Gasteiger partial charge in [-0.2, -0.15) is 0 Å². The Hall–Kier alpha value is -1.62. The third-order valence-corrected chi connectivity index (χ3v) is 2.78. The molecule has 0 spiro atoms. The van der Waals surface area contributed by atoms with Crippen LogP contribution in [0.3, 0.4) is 0 Å². The van der Waals surface area contributed by atoms with E-state index in [0.29, 0.717) is 12.8 Å². The van der Waals surface area contributed by atoms with Crippen LogP contribution in [-0.2, 0) is 23.8 Å². The minimum Gasteiger partial charge on any atom is -0.462 e. The van der Waals surface area contributed by atoms with Gasteiger partial charge in [-0.25, -0.2) is 9.59 Å². The Morgan fingerprint density at radius 3 is 1.48 bits per heavy atom. The van der Waals surface area contributed by atoms with Crippen molar-refractivity contribution in [3.63, 3.8) is 0 Å². The van der Waals surface area contributed by atoms with Gasteiger partial charge in [0, 0.05) is 25.0 Å². The first kappa shape index (κ1) is 19.4. The first-order chi connectivity index (χ1) is 9.62. The van der Waals surface area contributed by atoms with Crippen molar-refractivity contribution in [3.8, 4) is 0 Å². The number of hydrogen-bond donors (Lipinski definition) is 0. The Bertz CT molecular complexity index is 346. The van der Waals surface area contributed by atoms with E-state index in [9.17, 15) is 9.59 Å². The van der Waals surface area contributed by atoms with E-state index in [-0.39, 0.29) is 13.2 Å². The van der Waals surface area contributed by atoms with Gasteiger partial charge in [-0.3, -0.25) is 0 Å². The third kappa shape index (κ3) is 9.85. The molecule has 0 heterocycles. The van der Waals surface area contributed by atoms with Crippen LogP contribution >= 0.6 is 0 Å². The molecule has 5 heteroatoms. The van der Waals surface area contributed by atoms with Crippen molar-refractivity contribution < 1.29 is 23.8 Å². The molecule has 0 atom stereocenters. The molecule has 0 N–H and O–H groups in total. The van der Waals surface area contributed by atoms with Crippen molar-refractivity contribution in [1.29, 1.82) is 0 Å². The highest BCUT2D eigenvalue weighted by molar-refractivity contribution is 5.81. The molecule has 0 radical (unpaired) electrons. The summed E-state index contributed by atoms with van der Waals surface area (Å²) in [4.78, 5) is 22.0. The first-order valence-electron chi connectivity index (χ1n) is 6.90. The quantitative estimate of drug-likeness (QED) is 0.458. The van der Waals surface area contributed by atoms with Crippen LogP contribution < -0.4 is 0 Å². The third-order valence-electron chi connectivity index (χ3n) is 2.78. The van der Waals surface area contributed by atoms with E-state index in [1.54, 1.807) is 0 Å². The number of carbonyl (C=O) groups is 2. The number of esters is 2. The lowest BCUT2D eigenvalue weighted by atomic mass is 10.0. The lowest BCUT2D eigenvalue weighted by molar-refractivity contribution is -0.153. The van der Waals surface area contributed by atoms with Crippen molar-refractivity contribution in [3.05, 3.63) is 25.3 Å². The minimum atomic E-state index is -0.465. The largest absolute Gasteiger partial charge is 0.462 e. The zero-order valence-electron chi connectivity index (χ0n) is 13.4. The SMILES string of the molecule is C=CC(=O)OCCC(C)(C)OC(C)(C)CCOC(=O)C=C. The molecular weight excluding hydrogens is 272 g/mol. The second kappa shape index (κ2) is 8.62. The van der Waals surface area contributed by atoms with E-state index in [0.717, 1.165) is 12.2 Å². The Morgan fingerprint density at radius 1 is 0.857 bits per heavy atom. The summed E-state index contributed by atoms with van der Waals surface area (Å²) < 4.78 is 15.9. The van der Waals surface area contributed by atoms with E-state index >= 15 is 0 Å². The van der Waals surface area contributed by atoms with Crippen LogP contribution in [0.4, 0.5) is 0 Å². The highest BCUT2D eigenvalue weighted by Gasteiger charge is 2.29. The number of ether oxygens (including phenoxy) is 3. The molecule has 0 aromatic heterocycles. The molecule has 5 nitrogen and oxygen atoms in total. The summed E-state index contributed by atoms with van der Waals surface area (Å²) >= 11 is 0. The maximum absolute atomic E-state index is 11.0. The van der Waals surface area contributed by atoms with Crippen LogP contribution in [0.1, 0.15) is 40.5 Å². The first-order valence-corrected chi connectivity index (χ1v) is 6.90. The molecule has 120 valence electrons. The Kier molecular flexibility index (Phi) is 7.95. The minimum absolute atomic E-state index is 0.263. The second-order valence-electron chi connectivity index (χ2n) is 5.86. The molecule has 0 unspecified atom stereocenters. The van der Waals surface area contributed by atoms with Gasteiger partial charge in [0.25, 0.3) is 0 Å². The maximum Gasteiger partial charge on any atom is 0.330 e. The fraction of sp³-hybridized carbons (Fsp3) is 0.625. The molecule has 0 aromatic carbocycles. The topological polar surface area (TPSA) is 61.8 Å². The summed E-state index contributed by atoms with van der Waals surface area (Å²) in [7, 11) is 0. The summed E-state index contributed by atoms with van der Waals surface area (Å²) in [6.45, 7) is 14.9. The van der Waals surface area contributed by atoms with Crippen LogP contribution in [0, 0.1) is 0 Å². The van der Waals surface area contributed by atoms with Gasteiger partial charge in [0.05, 0.1) is 24.4 Å². The van der Waals surface area contributed by atoms with E-state index in [2.05, 4.69) is 13.2 Å². The molecular formula is C16H26O5. The van der Waals surface area contributed by atoms with Gasteiger partial charge < -0.3 is 14.2 Å². The van der Waals surface area contributed by atoms with E-state index in [4.69, 9.17) is 14.2 Å². The lowest BCUT2D eigenvalue weighted by Gasteiger charge is -2.36. The average molecular weight is 298 g/mol. The van der Waals surface area contributed by atoms with Gasteiger partial charge in [-0.1, -0.05) is 13.2 Å². The van der Waals surface area contributed by atoms with Crippen molar-refractivity contribution in [1.82, 2.24) is 0 Å². The van der Waals surface area contributed by atoms with Gasteiger partial charge in [-0.05, 0) is 27.7 Å². The number of carbonyl (C=O) groups excluding carboxylic acids is 2. The Balaban J connectivity index is 4.20. The highest BCUT2D eigenvalue weighted by Crippen LogP contribution is 2.26. The van der Waals surface area contributed by atoms with Crippen molar-refractivity contribution in [2.75, 3.05) is 13.2 Å². The molecule has 0 bridgehead atoms. The zero-order valence-corrected chi connectivity index (χ0v) is 13.4. The Labute approximate surface area is 126 Å². The molecule has 0 aliphatic carbocycles. The van der Waals surface area contributed by atoms with E-state index in [1.165, 1.54) is 0 Å². The standard InChI is InChI=1S/C16H26O5/c1-7-13(17)19-11-9-15(3,4)21-16(5,6)10-12-20-14(18)8-2/h7-8H,1-2,9-12H2,3-6H3. The average Bonchev–Trinajstić information content (AvgIpc) is 2.36. The van der Waals surface area contributed by atoms with Crippen LogP contribution in [0.5, 0.6) is 0 Å². The van der Waals surface area contributed by atoms with Crippen LogP contribution in [0.2, 0.25) is 0 Å². The van der Waals surface area contributed by atoms with Gasteiger partial charge in [0.2, 0.25) is 0 Å². The predicted octanol–water partition coefficient (Wildman–Crippen LogP) is 2.80. The summed E-state index contributed by atoms with van der Waals surface area (Å²) in [5.41, 5.74) is -0.930. The Morgan fingerprint density at radius 2 is 1.19 bits per heavy atom. The van der Waals surface area contributed by atoms with Crippen LogP contribution in [-0.4, -0.2) is 36.4 Å². The predicted molar refractivity (Wildman–Crippen MR) is 80.8 cm³/mol. The van der Waals surface area contributed by atoms with Crippen molar-refractivity contribution >= 4 is 11.9 Å². The van der Waals surface area contributed by atoms with Gasteiger partial charge >= 0.3 is 11.9 Å². The number of hydrogen-bond acceptors (Lipinski definition) is 5. The zero-order chi connectivity index (χ0) is 16.5. The fourth-order valence-corrected chi connectivity index (χ4v) is 1.76. The highest BCUT2D eigenvalue weighted by atomic mass is 16.5. The van der Waals surface area contributed by atoms with Gasteiger partial charge in [0.1, 0.15) is 0 Å². The second-order valence-corrected chi connectivity index (χ2v) is 5.86. The molecule has 0 aliphatic rings. The molecule has 21 heavy (non-hydrogen) atoms. The smallest absolute Gasteiger partial charge is 0.330 e. The van der Waals surface area contributed by atoms with Gasteiger partial charge in [0.15, 0.2) is 0 Å². The monoisotopic (exact) mass is 298 g/mol. The summed E-state index contributed by atoms with van der Waals surface area (Å²) in [5.74, 6) is -0.886. The molecule has 0 rings (SSSR count). The van der Waals surface area contributed by atoms with Crippen molar-refractivity contribution in [2.24, 2.45) is 0 Å². The van der Waals surface area contributed by atoms with Crippen molar-refractivity contribution in [2.45, 2.75) is 51.7 Å². The maximum atomic E-state index is 11.0. The normalized spacial score (nSPS) is 11.6. The summed E-state index contributed by atoms with van der Waals surface area (Å²) in [5, 5.41) is 0. The molecule has 0 saturated heterocycles. The molecule has 0 aromatic rings. The van der Waals surface area contributed by atoms with E-state index < -0.39 is 23.1 Å². The summed E-state index contributed by atoms with van der Waals surface area (Å²) in [6, 6.07) is 0. The molecule has 0 saturated carbocycles. The lowest BCUT2D eigenvalue weighted by Crippen LogP contribution is -2.38. The van der Waals surface area contributed by atoms with E-state index in [1.807, 2.05) is 27.7 Å². The number of rotatable bonds is 10. The van der Waals surface area contributed by atoms with Crippen LogP contribution in [0.15, 0.2) is 25.3 Å². The fourth-order valence-electron chi connectivity index (χ4n) is 1.76. The molecule has 0 fully saturated rings. The molecule has 0 amide bonds. The van der Waals surface area contributed by atoms with Crippen LogP contribution in [0.25, 0.3) is 0 Å². The van der Waals surface area contributed by atoms with Gasteiger partial charge in [-0.15, -0.1) is 0 Å². The summed E-state index contributed by atoms with van der Waals surface area (Å²) in [6.07, 6.45) is 3.38. The molecule has 0 aliphatic heterocycles.